The zero-order chi connectivity index (χ0) is 21.5. The number of ether oxygens (including phenoxy) is 1. The highest BCUT2D eigenvalue weighted by Crippen LogP contribution is 2.42. The Morgan fingerprint density at radius 3 is 2.39 bits per heavy atom. The molecule has 1 N–H and O–H groups in total. The Kier molecular flexibility index (Phi) is 4.40. The molecule has 4 aromatic rings. The zero-order valence-corrected chi connectivity index (χ0v) is 16.2. The predicted octanol–water partition coefficient (Wildman–Crippen LogP) is 4.60. The van der Waals surface area contributed by atoms with Crippen molar-refractivity contribution in [3.63, 3.8) is 0 Å². The lowest BCUT2D eigenvalue weighted by molar-refractivity contribution is -0.135. The van der Waals surface area contributed by atoms with Crippen molar-refractivity contribution in [3.05, 3.63) is 99.9 Å². The summed E-state index contributed by atoms with van der Waals surface area (Å²) in [5.41, 5.74) is 2.89. The molecule has 0 saturated heterocycles. The summed E-state index contributed by atoms with van der Waals surface area (Å²) in [5, 5.41) is 9.55. The summed E-state index contributed by atoms with van der Waals surface area (Å²) < 4.78 is 11.4. The van der Waals surface area contributed by atoms with E-state index in [1.165, 1.54) is 18.4 Å². The summed E-state index contributed by atoms with van der Waals surface area (Å²) in [7, 11) is 0. The van der Waals surface area contributed by atoms with Crippen molar-refractivity contribution in [2.45, 2.75) is 12.3 Å². The molecule has 3 aromatic carbocycles. The Labute approximate surface area is 176 Å². The molecule has 0 spiro atoms. The molecule has 1 aromatic heterocycles. The molecule has 2 heterocycles. The number of hydrogen-bond acceptors (Lipinski definition) is 5. The van der Waals surface area contributed by atoms with Crippen LogP contribution in [0.1, 0.15) is 33.8 Å². The quantitative estimate of drug-likeness (QED) is 0.390. The van der Waals surface area contributed by atoms with E-state index in [4.69, 9.17) is 14.3 Å². The number of aromatic carboxylic acids is 1. The number of hydrogen-bond donors (Lipinski definition) is 1. The lowest BCUT2D eigenvalue weighted by Gasteiger charge is -2.25. The van der Waals surface area contributed by atoms with Crippen LogP contribution in [0.2, 0.25) is 0 Å². The van der Waals surface area contributed by atoms with Crippen molar-refractivity contribution in [2.75, 3.05) is 0 Å². The number of rotatable bonds is 3. The molecular weight excluding hydrogens is 396 g/mol. The first kappa shape index (κ1) is 18.8. The van der Waals surface area contributed by atoms with E-state index in [1.54, 1.807) is 24.3 Å². The Balaban J connectivity index is 1.70. The number of esters is 1. The molecule has 31 heavy (non-hydrogen) atoms. The molecule has 0 bridgehead atoms. The SMILES string of the molecule is O=C1C[C@@H](c2ccc(C(=O)O)cc2)c2c(ccc3c(=O)c(-c4ccccc4)coc23)O1. The monoisotopic (exact) mass is 412 g/mol. The van der Waals surface area contributed by atoms with Gasteiger partial charge in [0.15, 0.2) is 0 Å². The van der Waals surface area contributed by atoms with Gasteiger partial charge in [0.25, 0.3) is 0 Å². The van der Waals surface area contributed by atoms with Crippen LogP contribution < -0.4 is 10.2 Å². The van der Waals surface area contributed by atoms with Gasteiger partial charge in [0, 0.05) is 11.5 Å². The van der Waals surface area contributed by atoms with Crippen LogP contribution in [0.15, 0.2) is 82.2 Å². The van der Waals surface area contributed by atoms with Crippen LogP contribution in [0.3, 0.4) is 0 Å². The maximum atomic E-state index is 13.2. The number of benzene rings is 3. The van der Waals surface area contributed by atoms with Gasteiger partial charge in [-0.05, 0) is 35.4 Å². The van der Waals surface area contributed by atoms with Gasteiger partial charge in [-0.1, -0.05) is 42.5 Å². The fourth-order valence-corrected chi connectivity index (χ4v) is 4.02. The Hall–Kier alpha value is -4.19. The second-order valence-corrected chi connectivity index (χ2v) is 7.36. The Bertz CT molecular complexity index is 1380. The van der Waals surface area contributed by atoms with E-state index in [0.717, 1.165) is 11.1 Å². The molecule has 6 nitrogen and oxygen atoms in total. The average molecular weight is 412 g/mol. The van der Waals surface area contributed by atoms with Gasteiger partial charge in [-0.15, -0.1) is 0 Å². The van der Waals surface area contributed by atoms with E-state index in [0.29, 0.717) is 27.8 Å². The highest BCUT2D eigenvalue weighted by Gasteiger charge is 2.32. The minimum absolute atomic E-state index is 0.0582. The Morgan fingerprint density at radius 2 is 1.68 bits per heavy atom. The first-order valence-corrected chi connectivity index (χ1v) is 9.70. The normalized spacial score (nSPS) is 15.4. The number of carboxylic acids is 1. The summed E-state index contributed by atoms with van der Waals surface area (Å²) in [5.74, 6) is -1.51. The van der Waals surface area contributed by atoms with Gasteiger partial charge in [-0.25, -0.2) is 4.79 Å². The van der Waals surface area contributed by atoms with E-state index in [-0.39, 0.29) is 17.4 Å². The van der Waals surface area contributed by atoms with E-state index in [9.17, 15) is 14.4 Å². The van der Waals surface area contributed by atoms with Crippen molar-refractivity contribution in [3.8, 4) is 16.9 Å². The first-order chi connectivity index (χ1) is 15.0. The summed E-state index contributed by atoms with van der Waals surface area (Å²) >= 11 is 0. The molecule has 0 saturated carbocycles. The first-order valence-electron chi connectivity index (χ1n) is 9.70. The molecule has 152 valence electrons. The lowest BCUT2D eigenvalue weighted by Crippen LogP contribution is -2.22. The summed E-state index contributed by atoms with van der Waals surface area (Å²) in [4.78, 5) is 36.6. The number of carbonyl (C=O) groups excluding carboxylic acids is 1. The van der Waals surface area contributed by atoms with Crippen LogP contribution in [0, 0.1) is 0 Å². The average Bonchev–Trinajstić information content (AvgIpc) is 2.79. The van der Waals surface area contributed by atoms with Crippen molar-refractivity contribution in [2.24, 2.45) is 0 Å². The molecule has 1 aliphatic heterocycles. The van der Waals surface area contributed by atoms with E-state index in [2.05, 4.69) is 0 Å². The van der Waals surface area contributed by atoms with Crippen molar-refractivity contribution in [1.82, 2.24) is 0 Å². The van der Waals surface area contributed by atoms with Crippen LogP contribution in [0.5, 0.6) is 5.75 Å². The maximum absolute atomic E-state index is 13.2. The van der Waals surface area contributed by atoms with Crippen molar-refractivity contribution >= 4 is 22.9 Å². The molecule has 5 rings (SSSR count). The summed E-state index contributed by atoms with van der Waals surface area (Å²) in [6, 6.07) is 18.8. The van der Waals surface area contributed by atoms with Crippen LogP contribution in [-0.4, -0.2) is 17.0 Å². The van der Waals surface area contributed by atoms with Gasteiger partial charge in [-0.2, -0.15) is 0 Å². The summed E-state index contributed by atoms with van der Waals surface area (Å²) in [6.07, 6.45) is 1.49. The number of carboxylic acid groups (broad SMARTS) is 1. The van der Waals surface area contributed by atoms with Crippen LogP contribution in [0.4, 0.5) is 0 Å². The van der Waals surface area contributed by atoms with E-state index < -0.39 is 17.9 Å². The third kappa shape index (κ3) is 3.18. The topological polar surface area (TPSA) is 93.8 Å². The second kappa shape index (κ2) is 7.25. The van der Waals surface area contributed by atoms with Gasteiger partial charge in [0.1, 0.15) is 17.6 Å². The molecule has 0 unspecified atom stereocenters. The minimum atomic E-state index is -1.03. The molecule has 1 aliphatic rings. The van der Waals surface area contributed by atoms with E-state index in [1.807, 2.05) is 30.3 Å². The van der Waals surface area contributed by atoms with Crippen LogP contribution in [-0.2, 0) is 4.79 Å². The molecule has 6 heteroatoms. The largest absolute Gasteiger partial charge is 0.478 e. The zero-order valence-electron chi connectivity index (χ0n) is 16.2. The van der Waals surface area contributed by atoms with Gasteiger partial charge in [-0.3, -0.25) is 9.59 Å². The molecule has 0 amide bonds. The van der Waals surface area contributed by atoms with Crippen molar-refractivity contribution < 1.29 is 23.8 Å². The van der Waals surface area contributed by atoms with Crippen LogP contribution >= 0.6 is 0 Å². The Morgan fingerprint density at radius 1 is 0.935 bits per heavy atom. The smallest absolute Gasteiger partial charge is 0.335 e. The molecule has 0 fully saturated rings. The van der Waals surface area contributed by atoms with Gasteiger partial charge in [0.05, 0.1) is 22.9 Å². The third-order valence-electron chi connectivity index (χ3n) is 5.53. The highest BCUT2D eigenvalue weighted by molar-refractivity contribution is 5.90. The standard InChI is InChI=1S/C25H16O6/c26-21-12-18(15-6-8-16(9-7-15)25(28)29)22-20(31-21)11-10-17-23(27)19(13-30-24(17)22)14-4-2-1-3-5-14/h1-11,13,18H,12H2,(H,28,29)/t18-/m0/s1. The fraction of sp³-hybridized carbons (Fsp3) is 0.0800. The highest BCUT2D eigenvalue weighted by atomic mass is 16.5. The van der Waals surface area contributed by atoms with E-state index >= 15 is 0 Å². The molecule has 0 radical (unpaired) electrons. The molecular formula is C25H16O6. The van der Waals surface area contributed by atoms with Crippen LogP contribution in [0.25, 0.3) is 22.1 Å². The van der Waals surface area contributed by atoms with Gasteiger partial charge in [0.2, 0.25) is 5.43 Å². The third-order valence-corrected chi connectivity index (χ3v) is 5.53. The lowest BCUT2D eigenvalue weighted by atomic mass is 9.85. The number of fused-ring (bicyclic) bond motifs is 3. The fourth-order valence-electron chi connectivity index (χ4n) is 4.02. The van der Waals surface area contributed by atoms with Crippen molar-refractivity contribution in [1.29, 1.82) is 0 Å². The van der Waals surface area contributed by atoms with Gasteiger partial charge >= 0.3 is 11.9 Å². The molecule has 1 atom stereocenters. The molecule has 0 aliphatic carbocycles. The minimum Gasteiger partial charge on any atom is -0.478 e. The second-order valence-electron chi connectivity index (χ2n) is 7.36. The summed E-state index contributed by atoms with van der Waals surface area (Å²) in [6.45, 7) is 0. The van der Waals surface area contributed by atoms with Gasteiger partial charge < -0.3 is 14.3 Å². The maximum Gasteiger partial charge on any atom is 0.335 e. The number of carbonyl (C=O) groups is 2. The predicted molar refractivity (Wildman–Crippen MR) is 113 cm³/mol.